The van der Waals surface area contributed by atoms with E-state index < -0.39 is 0 Å². The number of hydrogen-bond acceptors (Lipinski definition) is 3. The van der Waals surface area contributed by atoms with Gasteiger partial charge in [-0.05, 0) is 58.1 Å². The number of rotatable bonds is 3. The molecule has 2 fully saturated rings. The molecule has 0 radical (unpaired) electrons. The SMILES string of the molecule is Cc1ccc(CC(C)N2C3CCC2CC(N)C3)s1. The molecule has 1 aromatic heterocycles. The van der Waals surface area contributed by atoms with Gasteiger partial charge in [-0.1, -0.05) is 0 Å². The highest BCUT2D eigenvalue weighted by atomic mass is 32.1. The highest BCUT2D eigenvalue weighted by Gasteiger charge is 2.41. The largest absolute Gasteiger partial charge is 0.328 e. The average molecular weight is 264 g/mol. The summed E-state index contributed by atoms with van der Waals surface area (Å²) in [5.74, 6) is 0. The first kappa shape index (κ1) is 12.6. The molecule has 3 atom stereocenters. The van der Waals surface area contributed by atoms with Crippen LogP contribution in [0.2, 0.25) is 0 Å². The Hall–Kier alpha value is -0.380. The van der Waals surface area contributed by atoms with Crippen molar-refractivity contribution in [1.82, 2.24) is 4.90 Å². The second-order valence-corrected chi connectivity index (χ2v) is 7.50. The highest BCUT2D eigenvalue weighted by Crippen LogP contribution is 2.37. The smallest absolute Gasteiger partial charge is 0.0121 e. The van der Waals surface area contributed by atoms with Gasteiger partial charge in [0.25, 0.3) is 0 Å². The van der Waals surface area contributed by atoms with Gasteiger partial charge in [-0.2, -0.15) is 0 Å². The quantitative estimate of drug-likeness (QED) is 0.909. The fourth-order valence-electron chi connectivity index (χ4n) is 3.97. The van der Waals surface area contributed by atoms with Crippen molar-refractivity contribution in [2.24, 2.45) is 5.73 Å². The van der Waals surface area contributed by atoms with E-state index in [-0.39, 0.29) is 0 Å². The van der Waals surface area contributed by atoms with Crippen LogP contribution < -0.4 is 5.73 Å². The molecule has 0 aromatic carbocycles. The minimum Gasteiger partial charge on any atom is -0.328 e. The lowest BCUT2D eigenvalue weighted by molar-refractivity contribution is 0.0859. The standard InChI is InChI=1S/C15H24N2S/c1-10(7-15-6-3-11(2)18-15)17-13-4-5-14(17)9-12(16)8-13/h3,6,10,12-14H,4-5,7-9,16H2,1-2H3. The van der Waals surface area contributed by atoms with Crippen LogP contribution in [0.3, 0.4) is 0 Å². The monoisotopic (exact) mass is 264 g/mol. The van der Waals surface area contributed by atoms with Gasteiger partial charge >= 0.3 is 0 Å². The van der Waals surface area contributed by atoms with Crippen molar-refractivity contribution < 1.29 is 0 Å². The first-order valence-electron chi connectivity index (χ1n) is 7.22. The molecule has 2 aliphatic rings. The predicted octanol–water partition coefficient (Wildman–Crippen LogP) is 2.94. The van der Waals surface area contributed by atoms with Gasteiger partial charge in [-0.15, -0.1) is 11.3 Å². The van der Waals surface area contributed by atoms with Gasteiger partial charge in [0.05, 0.1) is 0 Å². The maximum atomic E-state index is 6.15. The lowest BCUT2D eigenvalue weighted by Crippen LogP contribution is -2.51. The first-order chi connectivity index (χ1) is 8.63. The Morgan fingerprint density at radius 2 is 2.00 bits per heavy atom. The molecular weight excluding hydrogens is 240 g/mol. The summed E-state index contributed by atoms with van der Waals surface area (Å²) in [5, 5.41) is 0. The molecule has 0 spiro atoms. The maximum absolute atomic E-state index is 6.15. The van der Waals surface area contributed by atoms with Crippen LogP contribution in [-0.4, -0.2) is 29.1 Å². The Bertz CT molecular complexity index is 400. The number of thiophene rings is 1. The molecule has 0 aliphatic carbocycles. The van der Waals surface area contributed by atoms with Crippen LogP contribution in [0.1, 0.15) is 42.4 Å². The second-order valence-electron chi connectivity index (χ2n) is 6.13. The number of nitrogens with two attached hydrogens (primary N) is 1. The zero-order chi connectivity index (χ0) is 12.7. The minimum atomic E-state index is 0.454. The molecule has 2 saturated heterocycles. The van der Waals surface area contributed by atoms with E-state index in [1.165, 1.54) is 41.9 Å². The summed E-state index contributed by atoms with van der Waals surface area (Å²) in [5.41, 5.74) is 6.15. The van der Waals surface area contributed by atoms with Crippen LogP contribution in [0.15, 0.2) is 12.1 Å². The third kappa shape index (κ3) is 2.36. The Morgan fingerprint density at radius 3 is 2.56 bits per heavy atom. The van der Waals surface area contributed by atoms with E-state index >= 15 is 0 Å². The number of nitrogens with zero attached hydrogens (tertiary/aromatic N) is 1. The Labute approximate surface area is 114 Å². The van der Waals surface area contributed by atoms with E-state index in [1.54, 1.807) is 0 Å². The van der Waals surface area contributed by atoms with Crippen LogP contribution in [-0.2, 0) is 6.42 Å². The molecule has 0 saturated carbocycles. The van der Waals surface area contributed by atoms with E-state index in [0.29, 0.717) is 12.1 Å². The van der Waals surface area contributed by atoms with Gasteiger partial charge in [0.15, 0.2) is 0 Å². The van der Waals surface area contributed by atoms with E-state index in [1.807, 2.05) is 11.3 Å². The van der Waals surface area contributed by atoms with Gasteiger partial charge in [-0.3, -0.25) is 4.90 Å². The summed E-state index contributed by atoms with van der Waals surface area (Å²) in [7, 11) is 0. The summed E-state index contributed by atoms with van der Waals surface area (Å²) >= 11 is 1.95. The fourth-order valence-corrected chi connectivity index (χ4v) is 4.98. The number of piperidine rings is 1. The maximum Gasteiger partial charge on any atom is 0.0121 e. The number of fused-ring (bicyclic) bond motifs is 2. The molecular formula is C15H24N2S. The van der Waals surface area contributed by atoms with Crippen molar-refractivity contribution in [2.75, 3.05) is 0 Å². The van der Waals surface area contributed by atoms with Crippen molar-refractivity contribution in [3.63, 3.8) is 0 Å². The summed E-state index contributed by atoms with van der Waals surface area (Å²) in [6.45, 7) is 4.60. The number of aryl methyl sites for hydroxylation is 1. The van der Waals surface area contributed by atoms with Crippen molar-refractivity contribution >= 4 is 11.3 Å². The summed E-state index contributed by atoms with van der Waals surface area (Å²) in [4.78, 5) is 5.74. The predicted molar refractivity (Wildman–Crippen MR) is 78.1 cm³/mol. The molecule has 2 aliphatic heterocycles. The van der Waals surface area contributed by atoms with Crippen LogP contribution in [0.5, 0.6) is 0 Å². The van der Waals surface area contributed by atoms with E-state index in [4.69, 9.17) is 5.73 Å². The van der Waals surface area contributed by atoms with E-state index in [9.17, 15) is 0 Å². The van der Waals surface area contributed by atoms with Gasteiger partial charge in [-0.25, -0.2) is 0 Å². The van der Waals surface area contributed by atoms with Crippen LogP contribution in [0, 0.1) is 6.92 Å². The van der Waals surface area contributed by atoms with Gasteiger partial charge in [0, 0.05) is 33.9 Å². The molecule has 3 heterocycles. The Kier molecular flexibility index (Phi) is 3.48. The first-order valence-corrected chi connectivity index (χ1v) is 8.03. The summed E-state index contributed by atoms with van der Waals surface area (Å²) in [6.07, 6.45) is 6.37. The second kappa shape index (κ2) is 4.95. The third-order valence-corrected chi connectivity index (χ3v) is 5.65. The topological polar surface area (TPSA) is 29.3 Å². The average Bonchev–Trinajstić information content (AvgIpc) is 2.81. The minimum absolute atomic E-state index is 0.454. The molecule has 18 heavy (non-hydrogen) atoms. The van der Waals surface area contributed by atoms with Gasteiger partial charge < -0.3 is 5.73 Å². The fraction of sp³-hybridized carbons (Fsp3) is 0.733. The molecule has 3 heteroatoms. The van der Waals surface area contributed by atoms with Crippen molar-refractivity contribution in [2.45, 2.75) is 70.1 Å². The van der Waals surface area contributed by atoms with Crippen LogP contribution in [0.4, 0.5) is 0 Å². The summed E-state index contributed by atoms with van der Waals surface area (Å²) < 4.78 is 0. The number of hydrogen-bond donors (Lipinski definition) is 1. The molecule has 3 rings (SSSR count). The van der Waals surface area contributed by atoms with E-state index in [0.717, 1.165) is 12.1 Å². The zero-order valence-electron chi connectivity index (χ0n) is 11.4. The van der Waals surface area contributed by atoms with Crippen LogP contribution in [0.25, 0.3) is 0 Å². The molecule has 3 unspecified atom stereocenters. The van der Waals surface area contributed by atoms with Crippen LogP contribution >= 0.6 is 11.3 Å². The van der Waals surface area contributed by atoms with Crippen molar-refractivity contribution in [3.8, 4) is 0 Å². The highest BCUT2D eigenvalue weighted by molar-refractivity contribution is 7.11. The molecule has 100 valence electrons. The molecule has 2 N–H and O–H groups in total. The lowest BCUT2D eigenvalue weighted by atomic mass is 9.95. The van der Waals surface area contributed by atoms with Crippen molar-refractivity contribution in [1.29, 1.82) is 0 Å². The molecule has 2 bridgehead atoms. The molecule has 0 amide bonds. The summed E-state index contributed by atoms with van der Waals surface area (Å²) in [6, 6.07) is 7.19. The van der Waals surface area contributed by atoms with E-state index in [2.05, 4.69) is 30.9 Å². The van der Waals surface area contributed by atoms with Crippen molar-refractivity contribution in [3.05, 3.63) is 21.9 Å². The molecule has 1 aromatic rings. The zero-order valence-corrected chi connectivity index (χ0v) is 12.2. The van der Waals surface area contributed by atoms with Gasteiger partial charge in [0.1, 0.15) is 0 Å². The Morgan fingerprint density at radius 1 is 1.33 bits per heavy atom. The van der Waals surface area contributed by atoms with Gasteiger partial charge in [0.2, 0.25) is 0 Å². The molecule has 2 nitrogen and oxygen atoms in total. The normalized spacial score (nSPS) is 33.8. The lowest BCUT2D eigenvalue weighted by Gasteiger charge is -2.41. The third-order valence-electron chi connectivity index (χ3n) is 4.63. The Balaban J connectivity index is 1.68.